The minimum absolute atomic E-state index is 0.147. The number of allylic oxidation sites excluding steroid dienone is 5. The van der Waals surface area contributed by atoms with E-state index in [1.54, 1.807) is 0 Å². The molecule has 3 aliphatic carbocycles. The maximum atomic E-state index is 4.21. The van der Waals surface area contributed by atoms with Crippen LogP contribution >= 0.6 is 0 Å². The lowest BCUT2D eigenvalue weighted by molar-refractivity contribution is 0.550. The van der Waals surface area contributed by atoms with Crippen molar-refractivity contribution in [2.45, 2.75) is 43.4 Å². The molecule has 8 aromatic rings. The van der Waals surface area contributed by atoms with E-state index in [9.17, 15) is 0 Å². The Kier molecular flexibility index (Phi) is 10.0. The smallest absolute Gasteiger partial charge is 0.0713 e. The van der Waals surface area contributed by atoms with E-state index in [-0.39, 0.29) is 5.41 Å². The van der Waals surface area contributed by atoms with Gasteiger partial charge >= 0.3 is 0 Å². The summed E-state index contributed by atoms with van der Waals surface area (Å²) in [6, 6.07) is 67.0. The van der Waals surface area contributed by atoms with Crippen LogP contribution in [0.2, 0.25) is 0 Å². The van der Waals surface area contributed by atoms with Crippen molar-refractivity contribution in [1.29, 1.82) is 0 Å². The fourth-order valence-corrected chi connectivity index (χ4v) is 11.5. The molecule has 8 aromatic carbocycles. The van der Waals surface area contributed by atoms with Gasteiger partial charge in [0.2, 0.25) is 0 Å². The third kappa shape index (κ3) is 6.37. The van der Waals surface area contributed by atoms with Gasteiger partial charge in [-0.3, -0.25) is 0 Å². The maximum absolute atomic E-state index is 4.21. The average Bonchev–Trinajstić information content (AvgIpc) is 4.04. The Bertz CT molecular complexity index is 3170. The molecule has 1 fully saturated rings. The fraction of sp³-hybridized carbons (Fsp3) is 0.111. The molecule has 0 bridgehead atoms. The number of fused-ring (bicyclic) bond motifs is 9. The van der Waals surface area contributed by atoms with E-state index >= 15 is 0 Å². The Balaban J connectivity index is 1.02. The normalized spacial score (nSPS) is 15.7. The van der Waals surface area contributed by atoms with Gasteiger partial charge in [0.1, 0.15) is 0 Å². The van der Waals surface area contributed by atoms with Gasteiger partial charge in [0.15, 0.2) is 0 Å². The Hall–Kier alpha value is -7.48. The molecule has 11 rings (SSSR count). The van der Waals surface area contributed by atoms with Crippen LogP contribution in [-0.2, 0) is 10.8 Å². The molecule has 1 N–H and O–H groups in total. The van der Waals surface area contributed by atoms with Crippen LogP contribution in [0.1, 0.15) is 82.7 Å². The second-order valence-electron chi connectivity index (χ2n) is 17.7. The molecule has 0 amide bonds. The van der Waals surface area contributed by atoms with Crippen LogP contribution in [-0.4, -0.2) is 0 Å². The topological polar surface area (TPSA) is 12.0 Å². The second-order valence-corrected chi connectivity index (χ2v) is 17.7. The van der Waals surface area contributed by atoms with Crippen molar-refractivity contribution in [3.05, 3.63) is 274 Å². The zero-order chi connectivity index (χ0) is 43.1. The van der Waals surface area contributed by atoms with Crippen LogP contribution in [0.5, 0.6) is 0 Å². The van der Waals surface area contributed by atoms with Gasteiger partial charge in [0.05, 0.1) is 5.41 Å². The molecule has 1 heteroatoms. The molecule has 308 valence electrons. The summed E-state index contributed by atoms with van der Waals surface area (Å²) in [6.07, 6.45) is 20.3. The Morgan fingerprint density at radius 3 is 1.98 bits per heavy atom. The number of benzene rings is 8. The van der Waals surface area contributed by atoms with Gasteiger partial charge in [-0.1, -0.05) is 214 Å². The third-order valence-corrected chi connectivity index (χ3v) is 14.3. The van der Waals surface area contributed by atoms with Crippen LogP contribution < -0.4 is 5.32 Å². The first-order valence-corrected chi connectivity index (χ1v) is 22.8. The number of hydrogen-bond acceptors (Lipinski definition) is 1. The molecule has 0 aromatic heterocycles. The fourth-order valence-electron chi connectivity index (χ4n) is 11.5. The summed E-state index contributed by atoms with van der Waals surface area (Å²) >= 11 is 0. The molecule has 0 unspecified atom stereocenters. The van der Waals surface area contributed by atoms with Crippen molar-refractivity contribution in [2.24, 2.45) is 0 Å². The summed E-state index contributed by atoms with van der Waals surface area (Å²) in [7, 11) is 0. The highest BCUT2D eigenvalue weighted by molar-refractivity contribution is 5.95. The summed E-state index contributed by atoms with van der Waals surface area (Å²) in [6.45, 7) is 6.44. The SMILES string of the molecule is C=Cc1ccc2ccccc2c1/C=C(C)/C(/C=C\C=C\Nc1cccc2c1-c1ccccc1C21CCCC1)=C/c1ccc2c(c1)C(c1ccccc1)(c1ccccc1)c1ccccc1-2. The summed E-state index contributed by atoms with van der Waals surface area (Å²) in [5, 5.41) is 6.15. The van der Waals surface area contributed by atoms with E-state index in [1.807, 2.05) is 6.08 Å². The molecule has 1 spiro atoms. The summed E-state index contributed by atoms with van der Waals surface area (Å²) < 4.78 is 0. The van der Waals surface area contributed by atoms with Gasteiger partial charge in [-0.25, -0.2) is 0 Å². The summed E-state index contributed by atoms with van der Waals surface area (Å²) in [5.41, 5.74) is 20.0. The predicted molar refractivity (Wildman–Crippen MR) is 272 cm³/mol. The third-order valence-electron chi connectivity index (χ3n) is 14.3. The van der Waals surface area contributed by atoms with Crippen molar-refractivity contribution in [2.75, 3.05) is 5.32 Å². The van der Waals surface area contributed by atoms with Crippen LogP contribution in [0, 0.1) is 0 Å². The maximum Gasteiger partial charge on any atom is 0.0713 e. The van der Waals surface area contributed by atoms with Crippen molar-refractivity contribution < 1.29 is 0 Å². The number of nitrogens with one attached hydrogen (secondary N) is 1. The van der Waals surface area contributed by atoms with E-state index < -0.39 is 5.41 Å². The average molecular weight is 822 g/mol. The van der Waals surface area contributed by atoms with E-state index in [1.165, 1.54) is 97.7 Å². The quantitative estimate of drug-likeness (QED) is 0.136. The lowest BCUT2D eigenvalue weighted by Crippen LogP contribution is -2.28. The molecule has 0 radical (unpaired) electrons. The van der Waals surface area contributed by atoms with Crippen molar-refractivity contribution in [3.8, 4) is 22.3 Å². The van der Waals surface area contributed by atoms with Gasteiger partial charge in [-0.15, -0.1) is 0 Å². The Morgan fingerprint density at radius 1 is 0.562 bits per heavy atom. The van der Waals surface area contributed by atoms with E-state index in [4.69, 9.17) is 0 Å². The zero-order valence-corrected chi connectivity index (χ0v) is 36.4. The predicted octanol–water partition coefficient (Wildman–Crippen LogP) is 16.4. The second kappa shape index (κ2) is 16.3. The van der Waals surface area contributed by atoms with Crippen molar-refractivity contribution >= 4 is 34.7 Å². The highest BCUT2D eigenvalue weighted by Crippen LogP contribution is 2.59. The van der Waals surface area contributed by atoms with Crippen LogP contribution in [0.25, 0.3) is 51.3 Å². The highest BCUT2D eigenvalue weighted by atomic mass is 14.8. The van der Waals surface area contributed by atoms with Crippen molar-refractivity contribution in [1.82, 2.24) is 0 Å². The molecule has 0 saturated heterocycles. The van der Waals surface area contributed by atoms with E-state index in [0.29, 0.717) is 0 Å². The molecular weight excluding hydrogens is 771 g/mol. The minimum atomic E-state index is -0.467. The first-order valence-electron chi connectivity index (χ1n) is 22.8. The number of hydrogen-bond donors (Lipinski definition) is 1. The molecule has 64 heavy (non-hydrogen) atoms. The zero-order valence-electron chi connectivity index (χ0n) is 36.4. The molecular formula is C63H51N. The van der Waals surface area contributed by atoms with E-state index in [2.05, 4.69) is 237 Å². The van der Waals surface area contributed by atoms with Gasteiger partial charge in [-0.05, 0) is 133 Å². The summed E-state index contributed by atoms with van der Waals surface area (Å²) in [4.78, 5) is 0. The largest absolute Gasteiger partial charge is 0.361 e. The molecule has 0 aliphatic heterocycles. The lowest BCUT2D eigenvalue weighted by atomic mass is 9.67. The molecule has 0 heterocycles. The van der Waals surface area contributed by atoms with Crippen LogP contribution in [0.15, 0.2) is 224 Å². The van der Waals surface area contributed by atoms with Crippen LogP contribution in [0.3, 0.4) is 0 Å². The van der Waals surface area contributed by atoms with Gasteiger partial charge in [-0.2, -0.15) is 0 Å². The number of rotatable bonds is 10. The molecule has 1 nitrogen and oxygen atoms in total. The number of anilines is 1. The molecule has 3 aliphatic rings. The van der Waals surface area contributed by atoms with Gasteiger partial charge in [0, 0.05) is 22.9 Å². The molecule has 1 saturated carbocycles. The first-order chi connectivity index (χ1) is 31.6. The van der Waals surface area contributed by atoms with Gasteiger partial charge in [0.25, 0.3) is 0 Å². The monoisotopic (exact) mass is 821 g/mol. The Labute approximate surface area is 378 Å². The van der Waals surface area contributed by atoms with Crippen molar-refractivity contribution in [3.63, 3.8) is 0 Å². The first kappa shape index (κ1) is 39.4. The highest BCUT2D eigenvalue weighted by Gasteiger charge is 2.47. The molecule has 0 atom stereocenters. The standard InChI is InChI=1S/C63H51N/c1-3-46-35-36-47-21-10-11-27-51(47)55(46)41-44(2)48(22-16-19-40-64-60-33-20-32-58-61(60)54-29-13-14-30-56(54)62(58)38-17-18-39-62)42-45-34-37-53-52-28-12-15-31-57(52)63(59(53)43-45,49-23-6-4-7-24-49)50-25-8-5-9-26-50/h3-16,19-37,40-43,64H,1,17-18,38-39H2,2H3/b22-16-,40-19+,44-41+,48-42+. The van der Waals surface area contributed by atoms with E-state index in [0.717, 1.165) is 28.0 Å². The minimum Gasteiger partial charge on any atom is -0.361 e. The summed E-state index contributed by atoms with van der Waals surface area (Å²) in [5.74, 6) is 0. The van der Waals surface area contributed by atoms with Crippen LogP contribution in [0.4, 0.5) is 5.69 Å². The Morgan fingerprint density at radius 2 is 1.22 bits per heavy atom. The lowest BCUT2D eigenvalue weighted by Gasteiger charge is -2.34. The van der Waals surface area contributed by atoms with Gasteiger partial charge < -0.3 is 5.32 Å².